The van der Waals surface area contributed by atoms with Crippen LogP contribution in [0.1, 0.15) is 5.01 Å². The second-order valence-corrected chi connectivity index (χ2v) is 5.54. The number of fused-ring (bicyclic) bond motifs is 2. The van der Waals surface area contributed by atoms with Crippen molar-refractivity contribution in [3.05, 3.63) is 35.5 Å². The Kier molecular flexibility index (Phi) is 2.13. The van der Waals surface area contributed by atoms with Crippen molar-refractivity contribution >= 4 is 32.7 Å². The Bertz CT molecular complexity index is 892. The van der Waals surface area contributed by atoms with E-state index in [0.29, 0.717) is 5.65 Å². The molecule has 0 radical (unpaired) electrons. The minimum atomic E-state index is 0.634. The van der Waals surface area contributed by atoms with Gasteiger partial charge in [0.25, 0.3) is 0 Å². The molecule has 0 saturated carbocycles. The first kappa shape index (κ1) is 10.6. The van der Waals surface area contributed by atoms with E-state index in [-0.39, 0.29) is 0 Å². The summed E-state index contributed by atoms with van der Waals surface area (Å²) in [6, 6.07) is 8.25. The molecule has 0 spiro atoms. The first-order valence-electron chi connectivity index (χ1n) is 5.84. The van der Waals surface area contributed by atoms with E-state index in [2.05, 4.69) is 43.6 Å². The van der Waals surface area contributed by atoms with Gasteiger partial charge in [-0.1, -0.05) is 6.07 Å². The Morgan fingerprint density at radius 1 is 1.05 bits per heavy atom. The molecule has 92 valence electrons. The van der Waals surface area contributed by atoms with Gasteiger partial charge in [0.1, 0.15) is 5.52 Å². The monoisotopic (exact) mass is 267 g/mol. The normalized spacial score (nSPS) is 11.4. The van der Waals surface area contributed by atoms with E-state index in [1.54, 1.807) is 11.3 Å². The number of pyridine rings is 1. The maximum absolute atomic E-state index is 4.52. The minimum Gasteiger partial charge on any atom is -0.241 e. The van der Waals surface area contributed by atoms with Crippen molar-refractivity contribution in [3.8, 4) is 11.1 Å². The summed E-state index contributed by atoms with van der Waals surface area (Å²) in [5.74, 6) is 0. The molecule has 0 unspecified atom stereocenters. The fourth-order valence-corrected chi connectivity index (χ4v) is 2.93. The highest BCUT2D eigenvalue weighted by Crippen LogP contribution is 2.28. The molecule has 0 saturated heterocycles. The number of aromatic nitrogens is 5. The van der Waals surface area contributed by atoms with Crippen molar-refractivity contribution in [2.75, 3.05) is 0 Å². The highest BCUT2D eigenvalue weighted by Gasteiger charge is 2.06. The molecule has 0 aliphatic carbocycles. The molecule has 4 rings (SSSR count). The minimum absolute atomic E-state index is 0.634. The van der Waals surface area contributed by atoms with Crippen LogP contribution in [0.3, 0.4) is 0 Å². The number of hydrogen-bond acceptors (Lipinski definition) is 5. The average molecular weight is 267 g/mol. The Hall–Kier alpha value is -2.34. The van der Waals surface area contributed by atoms with Crippen molar-refractivity contribution in [1.82, 2.24) is 25.4 Å². The summed E-state index contributed by atoms with van der Waals surface area (Å²) in [5.41, 5.74) is 4.55. The molecule has 0 bridgehead atoms. The molecule has 4 aromatic rings. The Balaban J connectivity index is 1.91. The molecule has 5 nitrogen and oxygen atoms in total. The summed E-state index contributed by atoms with van der Waals surface area (Å²) >= 11 is 1.71. The van der Waals surface area contributed by atoms with Gasteiger partial charge in [-0.15, -0.1) is 16.4 Å². The number of thiazole rings is 1. The second kappa shape index (κ2) is 3.83. The zero-order chi connectivity index (χ0) is 12.8. The van der Waals surface area contributed by atoms with Gasteiger partial charge in [0.05, 0.1) is 15.2 Å². The van der Waals surface area contributed by atoms with Gasteiger partial charge >= 0.3 is 0 Å². The standard InChI is InChI=1S/C13H9N5S/c1-7-15-10-4-8(2-3-12(10)19-7)9-5-11-13(14-6-9)17-18-16-11/h2-6H,1H3,(H,14,16,17,18). The van der Waals surface area contributed by atoms with Crippen LogP contribution >= 0.6 is 11.3 Å². The lowest BCUT2D eigenvalue weighted by Crippen LogP contribution is -1.82. The summed E-state index contributed by atoms with van der Waals surface area (Å²) in [4.78, 5) is 8.80. The third kappa shape index (κ3) is 1.68. The quantitative estimate of drug-likeness (QED) is 0.575. The number of H-pyrrole nitrogens is 1. The van der Waals surface area contributed by atoms with E-state index >= 15 is 0 Å². The molecule has 3 heterocycles. The number of hydrogen-bond donors (Lipinski definition) is 1. The smallest absolute Gasteiger partial charge is 0.201 e. The largest absolute Gasteiger partial charge is 0.241 e. The van der Waals surface area contributed by atoms with Crippen LogP contribution in [0.25, 0.3) is 32.5 Å². The second-order valence-electron chi connectivity index (χ2n) is 4.31. The number of nitrogens with one attached hydrogen (secondary N) is 1. The molecule has 0 fully saturated rings. The van der Waals surface area contributed by atoms with Gasteiger partial charge in [-0.05, 0) is 30.7 Å². The fraction of sp³-hybridized carbons (Fsp3) is 0.0769. The molecule has 0 atom stereocenters. The molecule has 0 aliphatic rings. The molecule has 1 N–H and O–H groups in total. The van der Waals surface area contributed by atoms with E-state index in [1.165, 1.54) is 4.70 Å². The number of benzene rings is 1. The van der Waals surface area contributed by atoms with E-state index < -0.39 is 0 Å². The van der Waals surface area contributed by atoms with Gasteiger partial charge in [0, 0.05) is 11.8 Å². The lowest BCUT2D eigenvalue weighted by atomic mass is 10.1. The van der Waals surface area contributed by atoms with E-state index in [1.807, 2.05) is 19.2 Å². The Morgan fingerprint density at radius 2 is 1.95 bits per heavy atom. The SMILES string of the molecule is Cc1nc2cc(-c3cnc4n[nH]nc4c3)ccc2s1. The molecule has 0 amide bonds. The van der Waals surface area contributed by atoms with Crippen molar-refractivity contribution in [3.63, 3.8) is 0 Å². The zero-order valence-electron chi connectivity index (χ0n) is 10.1. The Morgan fingerprint density at radius 3 is 2.89 bits per heavy atom. The molecule has 0 aliphatic heterocycles. The van der Waals surface area contributed by atoms with Gasteiger partial charge in [-0.3, -0.25) is 0 Å². The van der Waals surface area contributed by atoms with Crippen LogP contribution in [0.2, 0.25) is 0 Å². The summed E-state index contributed by atoms with van der Waals surface area (Å²) in [6.07, 6.45) is 1.81. The number of aryl methyl sites for hydroxylation is 1. The first-order chi connectivity index (χ1) is 9.29. The van der Waals surface area contributed by atoms with Crippen molar-refractivity contribution in [2.24, 2.45) is 0 Å². The third-order valence-corrected chi connectivity index (χ3v) is 3.95. The molecule has 6 heteroatoms. The molecule has 3 aromatic heterocycles. The summed E-state index contributed by atoms with van der Waals surface area (Å²) in [6.45, 7) is 2.02. The van der Waals surface area contributed by atoms with Crippen LogP contribution in [0.5, 0.6) is 0 Å². The molecular weight excluding hydrogens is 258 g/mol. The van der Waals surface area contributed by atoms with Gasteiger partial charge in [0.2, 0.25) is 5.65 Å². The zero-order valence-corrected chi connectivity index (χ0v) is 10.9. The fourth-order valence-electron chi connectivity index (χ4n) is 2.12. The number of rotatable bonds is 1. The van der Waals surface area contributed by atoms with Crippen LogP contribution < -0.4 is 0 Å². The highest BCUT2D eigenvalue weighted by molar-refractivity contribution is 7.18. The van der Waals surface area contributed by atoms with Gasteiger partial charge in [-0.2, -0.15) is 10.3 Å². The summed E-state index contributed by atoms with van der Waals surface area (Å²) in [7, 11) is 0. The molecule has 1 aromatic carbocycles. The third-order valence-electron chi connectivity index (χ3n) is 3.00. The van der Waals surface area contributed by atoms with Gasteiger partial charge in [-0.25, -0.2) is 9.97 Å². The topological polar surface area (TPSA) is 67.3 Å². The van der Waals surface area contributed by atoms with Crippen LogP contribution in [-0.2, 0) is 0 Å². The maximum atomic E-state index is 4.52. The highest BCUT2D eigenvalue weighted by atomic mass is 32.1. The maximum Gasteiger partial charge on any atom is 0.201 e. The van der Waals surface area contributed by atoms with Gasteiger partial charge < -0.3 is 0 Å². The number of aromatic amines is 1. The van der Waals surface area contributed by atoms with E-state index in [9.17, 15) is 0 Å². The van der Waals surface area contributed by atoms with Crippen LogP contribution in [0.4, 0.5) is 0 Å². The summed E-state index contributed by atoms with van der Waals surface area (Å²) < 4.78 is 1.21. The van der Waals surface area contributed by atoms with Crippen molar-refractivity contribution in [1.29, 1.82) is 0 Å². The lowest BCUT2D eigenvalue weighted by molar-refractivity contribution is 0.954. The molecule has 19 heavy (non-hydrogen) atoms. The van der Waals surface area contributed by atoms with E-state index in [0.717, 1.165) is 27.2 Å². The predicted octanol–water partition coefficient (Wildman–Crippen LogP) is 2.94. The average Bonchev–Trinajstić information content (AvgIpc) is 3.01. The van der Waals surface area contributed by atoms with Crippen LogP contribution in [0.15, 0.2) is 30.5 Å². The summed E-state index contributed by atoms with van der Waals surface area (Å²) in [5, 5.41) is 11.7. The van der Waals surface area contributed by atoms with Gasteiger partial charge in [0.15, 0.2) is 0 Å². The molecular formula is C13H9N5S. The van der Waals surface area contributed by atoms with Crippen LogP contribution in [0, 0.1) is 6.92 Å². The van der Waals surface area contributed by atoms with Crippen molar-refractivity contribution in [2.45, 2.75) is 6.92 Å². The van der Waals surface area contributed by atoms with E-state index in [4.69, 9.17) is 0 Å². The predicted molar refractivity (Wildman–Crippen MR) is 75.0 cm³/mol. The van der Waals surface area contributed by atoms with Crippen LogP contribution in [-0.4, -0.2) is 25.4 Å². The van der Waals surface area contributed by atoms with Crippen molar-refractivity contribution < 1.29 is 0 Å². The lowest BCUT2D eigenvalue weighted by Gasteiger charge is -2.00. The Labute approximate surface area is 112 Å². The number of nitrogens with zero attached hydrogens (tertiary/aromatic N) is 4. The first-order valence-corrected chi connectivity index (χ1v) is 6.65.